The number of rotatable bonds is 5. The van der Waals surface area contributed by atoms with Crippen molar-refractivity contribution in [1.82, 2.24) is 10.0 Å². The van der Waals surface area contributed by atoms with Gasteiger partial charge in [0.25, 0.3) is 11.8 Å². The number of benzene rings is 1. The molecule has 1 aromatic carbocycles. The Labute approximate surface area is 152 Å². The van der Waals surface area contributed by atoms with Crippen molar-refractivity contribution >= 4 is 17.9 Å². The lowest BCUT2D eigenvalue weighted by Crippen LogP contribution is -2.47. The monoisotopic (exact) mass is 355 g/mol. The highest BCUT2D eigenvalue weighted by atomic mass is 16.5. The van der Waals surface area contributed by atoms with E-state index in [1.165, 1.54) is 16.1 Å². The minimum absolute atomic E-state index is 0.266. The molecule has 0 spiro atoms. The standard InChI is InChI=1S/C19H21N3O4/c1-25-15-5-6-16(26-2)14(12-15)4-7-17(23)21-10-3-11-22(21)18(24)19(13-20)8-9-19/h4-7,12H,3,8-11H2,1-2H3. The smallest absolute Gasteiger partial charge is 0.265 e. The predicted octanol–water partition coefficient (Wildman–Crippen LogP) is 2.00. The number of hydrazine groups is 1. The molecule has 0 aromatic heterocycles. The summed E-state index contributed by atoms with van der Waals surface area (Å²) in [6.45, 7) is 0.927. The Morgan fingerprint density at radius 3 is 2.54 bits per heavy atom. The molecular formula is C19H21N3O4. The van der Waals surface area contributed by atoms with Crippen molar-refractivity contribution in [3.05, 3.63) is 29.8 Å². The van der Waals surface area contributed by atoms with Gasteiger partial charge in [0.2, 0.25) is 0 Å². The van der Waals surface area contributed by atoms with Crippen LogP contribution in [0.25, 0.3) is 6.08 Å². The molecule has 0 unspecified atom stereocenters. The van der Waals surface area contributed by atoms with E-state index in [4.69, 9.17) is 9.47 Å². The largest absolute Gasteiger partial charge is 0.497 e. The molecule has 0 radical (unpaired) electrons. The number of ether oxygens (including phenoxy) is 2. The Morgan fingerprint density at radius 2 is 1.92 bits per heavy atom. The number of nitriles is 1. The fourth-order valence-corrected chi connectivity index (χ4v) is 3.01. The minimum Gasteiger partial charge on any atom is -0.497 e. The molecule has 7 nitrogen and oxygen atoms in total. The molecule has 0 bridgehead atoms. The van der Waals surface area contributed by atoms with Gasteiger partial charge in [0.15, 0.2) is 0 Å². The number of carbonyl (C=O) groups is 2. The van der Waals surface area contributed by atoms with Crippen LogP contribution in [0.15, 0.2) is 24.3 Å². The Hall–Kier alpha value is -3.01. The van der Waals surface area contributed by atoms with Crippen LogP contribution >= 0.6 is 0 Å². The van der Waals surface area contributed by atoms with E-state index in [1.807, 2.05) is 0 Å². The molecule has 1 saturated heterocycles. The highest BCUT2D eigenvalue weighted by molar-refractivity contribution is 5.95. The summed E-state index contributed by atoms with van der Waals surface area (Å²) >= 11 is 0. The summed E-state index contributed by atoms with van der Waals surface area (Å²) in [6, 6.07) is 7.40. The van der Waals surface area contributed by atoms with Gasteiger partial charge in [-0.2, -0.15) is 5.26 Å². The first-order chi connectivity index (χ1) is 12.5. The Bertz CT molecular complexity index is 792. The molecule has 1 aliphatic heterocycles. The molecular weight excluding hydrogens is 334 g/mol. The number of hydrogen-bond donors (Lipinski definition) is 0. The second kappa shape index (κ2) is 7.08. The van der Waals surface area contributed by atoms with Crippen LogP contribution in [0.5, 0.6) is 11.5 Å². The third kappa shape index (κ3) is 3.23. The average molecular weight is 355 g/mol. The van der Waals surface area contributed by atoms with Crippen molar-refractivity contribution in [1.29, 1.82) is 5.26 Å². The number of amides is 2. The van der Waals surface area contributed by atoms with Crippen LogP contribution in [0.1, 0.15) is 24.8 Å². The molecule has 1 aliphatic carbocycles. The van der Waals surface area contributed by atoms with Gasteiger partial charge in [-0.15, -0.1) is 0 Å². The molecule has 2 fully saturated rings. The topological polar surface area (TPSA) is 82.9 Å². The summed E-state index contributed by atoms with van der Waals surface area (Å²) in [6.07, 6.45) is 4.89. The zero-order valence-corrected chi connectivity index (χ0v) is 14.9. The first kappa shape index (κ1) is 17.8. The molecule has 26 heavy (non-hydrogen) atoms. The van der Waals surface area contributed by atoms with Crippen molar-refractivity contribution in [2.24, 2.45) is 5.41 Å². The fraction of sp³-hybridized carbons (Fsp3) is 0.421. The van der Waals surface area contributed by atoms with Crippen LogP contribution in [-0.2, 0) is 9.59 Å². The van der Waals surface area contributed by atoms with Crippen LogP contribution in [-0.4, -0.2) is 49.1 Å². The second-order valence-electron chi connectivity index (χ2n) is 6.38. The van der Waals surface area contributed by atoms with Gasteiger partial charge in [0.1, 0.15) is 16.9 Å². The number of hydrogen-bond acceptors (Lipinski definition) is 5. The zero-order valence-electron chi connectivity index (χ0n) is 14.9. The molecule has 0 N–H and O–H groups in total. The van der Waals surface area contributed by atoms with Crippen molar-refractivity contribution in [3.8, 4) is 17.6 Å². The molecule has 3 rings (SSSR count). The van der Waals surface area contributed by atoms with Crippen molar-refractivity contribution in [3.63, 3.8) is 0 Å². The third-order valence-corrected chi connectivity index (χ3v) is 4.74. The van der Waals surface area contributed by atoms with Crippen LogP contribution < -0.4 is 9.47 Å². The maximum Gasteiger partial charge on any atom is 0.265 e. The first-order valence-electron chi connectivity index (χ1n) is 8.49. The molecule has 2 amide bonds. The van der Waals surface area contributed by atoms with E-state index in [0.29, 0.717) is 49.4 Å². The van der Waals surface area contributed by atoms with Crippen molar-refractivity contribution in [2.75, 3.05) is 27.3 Å². The molecule has 1 aromatic rings. The van der Waals surface area contributed by atoms with E-state index in [-0.39, 0.29) is 11.8 Å². The quantitative estimate of drug-likeness (QED) is 0.755. The highest BCUT2D eigenvalue weighted by Crippen LogP contribution is 2.47. The lowest BCUT2D eigenvalue weighted by molar-refractivity contribution is -0.157. The lowest BCUT2D eigenvalue weighted by atomic mass is 10.1. The molecule has 1 saturated carbocycles. The summed E-state index contributed by atoms with van der Waals surface area (Å²) in [5.74, 6) is 0.707. The molecule has 1 heterocycles. The van der Waals surface area contributed by atoms with Gasteiger partial charge in [-0.25, -0.2) is 10.0 Å². The molecule has 0 atom stereocenters. The van der Waals surface area contributed by atoms with Crippen LogP contribution in [0.2, 0.25) is 0 Å². The van der Waals surface area contributed by atoms with Gasteiger partial charge in [-0.05, 0) is 43.5 Å². The Kier molecular flexibility index (Phi) is 4.85. The molecule has 2 aliphatic rings. The van der Waals surface area contributed by atoms with Crippen molar-refractivity contribution in [2.45, 2.75) is 19.3 Å². The number of nitrogens with zero attached hydrogens (tertiary/aromatic N) is 3. The normalized spacial score (nSPS) is 17.9. The first-order valence-corrected chi connectivity index (χ1v) is 8.49. The van der Waals surface area contributed by atoms with E-state index in [1.54, 1.807) is 38.5 Å². The van der Waals surface area contributed by atoms with Gasteiger partial charge >= 0.3 is 0 Å². The minimum atomic E-state index is -0.928. The van der Waals surface area contributed by atoms with Crippen LogP contribution in [0, 0.1) is 16.7 Å². The second-order valence-corrected chi connectivity index (χ2v) is 6.38. The van der Waals surface area contributed by atoms with E-state index < -0.39 is 5.41 Å². The van der Waals surface area contributed by atoms with Gasteiger partial charge in [-0.1, -0.05) is 0 Å². The lowest BCUT2D eigenvalue weighted by Gasteiger charge is -2.28. The van der Waals surface area contributed by atoms with Gasteiger partial charge in [-0.3, -0.25) is 9.59 Å². The SMILES string of the molecule is COc1ccc(OC)c(C=CC(=O)N2CCCN2C(=O)C2(C#N)CC2)c1. The third-order valence-electron chi connectivity index (χ3n) is 4.74. The van der Waals surface area contributed by atoms with E-state index in [9.17, 15) is 14.9 Å². The van der Waals surface area contributed by atoms with Gasteiger partial charge in [0, 0.05) is 24.7 Å². The number of carbonyl (C=O) groups excluding carboxylic acids is 2. The average Bonchev–Trinajstić information content (AvgIpc) is 3.33. The van der Waals surface area contributed by atoms with Crippen LogP contribution in [0.4, 0.5) is 0 Å². The highest BCUT2D eigenvalue weighted by Gasteiger charge is 2.54. The zero-order chi connectivity index (χ0) is 18.7. The van der Waals surface area contributed by atoms with Crippen molar-refractivity contribution < 1.29 is 19.1 Å². The van der Waals surface area contributed by atoms with Crippen LogP contribution in [0.3, 0.4) is 0 Å². The van der Waals surface area contributed by atoms with E-state index in [0.717, 1.165) is 0 Å². The van der Waals surface area contributed by atoms with Gasteiger partial charge in [0.05, 0.1) is 20.3 Å². The van der Waals surface area contributed by atoms with E-state index in [2.05, 4.69) is 6.07 Å². The summed E-state index contributed by atoms with van der Waals surface area (Å²) in [4.78, 5) is 25.2. The predicted molar refractivity (Wildman–Crippen MR) is 93.9 cm³/mol. The summed E-state index contributed by atoms with van der Waals surface area (Å²) in [5, 5.41) is 12.1. The Balaban J connectivity index is 1.76. The van der Waals surface area contributed by atoms with Gasteiger partial charge < -0.3 is 9.47 Å². The maximum absolute atomic E-state index is 12.6. The summed E-state index contributed by atoms with van der Waals surface area (Å²) in [5.41, 5.74) is -0.226. The maximum atomic E-state index is 12.6. The number of methoxy groups -OCH3 is 2. The van der Waals surface area contributed by atoms with E-state index >= 15 is 0 Å². The fourth-order valence-electron chi connectivity index (χ4n) is 3.01. The molecule has 7 heteroatoms. The summed E-state index contributed by atoms with van der Waals surface area (Å²) in [7, 11) is 3.12. The molecule has 136 valence electrons. The summed E-state index contributed by atoms with van der Waals surface area (Å²) < 4.78 is 10.5. The Morgan fingerprint density at radius 1 is 1.19 bits per heavy atom.